The predicted octanol–water partition coefficient (Wildman–Crippen LogP) is -0.182. The minimum atomic E-state index is -0.625. The first-order chi connectivity index (χ1) is 6.19. The van der Waals surface area contributed by atoms with Crippen LogP contribution in [0.2, 0.25) is 0 Å². The number of aryl methyl sites for hydroxylation is 1. The Bertz CT molecular complexity index is 450. The van der Waals surface area contributed by atoms with Gasteiger partial charge in [-0.1, -0.05) is 6.92 Å². The van der Waals surface area contributed by atoms with Crippen LogP contribution in [0.4, 0.5) is 0 Å². The molecule has 5 nitrogen and oxygen atoms in total. The fraction of sp³-hybridized carbons (Fsp3) is 0.375. The summed E-state index contributed by atoms with van der Waals surface area (Å²) in [5.41, 5.74) is -1.13. The van der Waals surface area contributed by atoms with E-state index in [0.29, 0.717) is 6.54 Å². The van der Waals surface area contributed by atoms with Crippen LogP contribution in [0.3, 0.4) is 0 Å². The summed E-state index contributed by atoms with van der Waals surface area (Å²) in [5, 5.41) is 8.52. The topological polar surface area (TPSA) is 78.7 Å². The first-order valence-electron chi connectivity index (χ1n) is 3.93. The molecule has 1 aromatic rings. The molecule has 1 aromatic heterocycles. The number of rotatable bonds is 2. The lowest BCUT2D eigenvalue weighted by Crippen LogP contribution is -2.30. The van der Waals surface area contributed by atoms with Gasteiger partial charge >= 0.3 is 5.69 Å². The van der Waals surface area contributed by atoms with Gasteiger partial charge in [0.2, 0.25) is 0 Å². The van der Waals surface area contributed by atoms with E-state index in [1.54, 1.807) is 6.07 Å². The Morgan fingerprint density at radius 1 is 1.62 bits per heavy atom. The van der Waals surface area contributed by atoms with Gasteiger partial charge in [-0.25, -0.2) is 4.79 Å². The van der Waals surface area contributed by atoms with E-state index >= 15 is 0 Å². The van der Waals surface area contributed by atoms with Crippen molar-refractivity contribution in [2.75, 3.05) is 0 Å². The highest BCUT2D eigenvalue weighted by Crippen LogP contribution is 1.86. The molecule has 1 N–H and O–H groups in total. The van der Waals surface area contributed by atoms with Crippen molar-refractivity contribution in [3.8, 4) is 6.07 Å². The largest absolute Gasteiger partial charge is 0.328 e. The summed E-state index contributed by atoms with van der Waals surface area (Å²) in [5.74, 6) is 0. The van der Waals surface area contributed by atoms with Crippen molar-refractivity contribution in [2.24, 2.45) is 0 Å². The molecular weight excluding hydrogens is 170 g/mol. The first kappa shape index (κ1) is 9.26. The average molecular weight is 179 g/mol. The number of nitrogens with one attached hydrogen (secondary N) is 1. The van der Waals surface area contributed by atoms with Gasteiger partial charge in [-0.3, -0.25) is 14.3 Å². The van der Waals surface area contributed by atoms with Crippen molar-refractivity contribution in [3.63, 3.8) is 0 Å². The van der Waals surface area contributed by atoms with Crippen molar-refractivity contribution in [1.82, 2.24) is 9.55 Å². The Morgan fingerprint density at radius 2 is 2.31 bits per heavy atom. The molecule has 0 amide bonds. The fourth-order valence-corrected chi connectivity index (χ4v) is 0.996. The second-order valence-corrected chi connectivity index (χ2v) is 2.61. The number of nitrogens with zero attached hydrogens (tertiary/aromatic N) is 2. The van der Waals surface area contributed by atoms with Gasteiger partial charge in [-0.05, 0) is 6.42 Å². The van der Waals surface area contributed by atoms with E-state index < -0.39 is 11.2 Å². The molecule has 1 rings (SSSR count). The molecule has 0 saturated carbocycles. The van der Waals surface area contributed by atoms with Crippen LogP contribution in [0.15, 0.2) is 15.8 Å². The fourth-order valence-electron chi connectivity index (χ4n) is 0.996. The Balaban J connectivity index is 3.33. The number of aromatic nitrogens is 2. The van der Waals surface area contributed by atoms with Gasteiger partial charge in [-0.15, -0.1) is 0 Å². The van der Waals surface area contributed by atoms with E-state index in [1.807, 2.05) is 6.92 Å². The van der Waals surface area contributed by atoms with Crippen LogP contribution < -0.4 is 11.2 Å². The number of H-pyrrole nitrogens is 1. The third-order valence-corrected chi connectivity index (χ3v) is 1.60. The molecule has 0 radical (unpaired) electrons. The minimum Gasteiger partial charge on any atom is -0.299 e. The van der Waals surface area contributed by atoms with E-state index in [-0.39, 0.29) is 5.56 Å². The van der Waals surface area contributed by atoms with Crippen LogP contribution in [0.25, 0.3) is 0 Å². The quantitative estimate of drug-likeness (QED) is 0.683. The van der Waals surface area contributed by atoms with E-state index in [1.165, 1.54) is 10.8 Å². The highest BCUT2D eigenvalue weighted by atomic mass is 16.2. The molecule has 0 aliphatic carbocycles. The highest BCUT2D eigenvalue weighted by Gasteiger charge is 2.01. The minimum absolute atomic E-state index is 0.0342. The number of hydrogen-bond acceptors (Lipinski definition) is 3. The van der Waals surface area contributed by atoms with Gasteiger partial charge in [0.15, 0.2) is 0 Å². The molecule has 0 aromatic carbocycles. The Labute approximate surface area is 74.3 Å². The van der Waals surface area contributed by atoms with Crippen molar-refractivity contribution >= 4 is 0 Å². The van der Waals surface area contributed by atoms with Gasteiger partial charge in [0, 0.05) is 12.7 Å². The maximum absolute atomic E-state index is 11.1. The molecule has 5 heteroatoms. The van der Waals surface area contributed by atoms with Gasteiger partial charge in [0.05, 0.1) is 0 Å². The van der Waals surface area contributed by atoms with Crippen LogP contribution >= 0.6 is 0 Å². The molecule has 0 saturated heterocycles. The van der Waals surface area contributed by atoms with Crippen LogP contribution in [0, 0.1) is 11.3 Å². The van der Waals surface area contributed by atoms with Crippen LogP contribution in [-0.2, 0) is 6.54 Å². The second-order valence-electron chi connectivity index (χ2n) is 2.61. The zero-order valence-electron chi connectivity index (χ0n) is 7.20. The second kappa shape index (κ2) is 3.72. The molecule has 1 heterocycles. The standard InChI is InChI=1S/C8H9N3O2/c1-2-3-11-5-6(4-9)7(12)10-8(11)13/h5H,2-3H2,1H3,(H,10,12,13). The van der Waals surface area contributed by atoms with E-state index in [0.717, 1.165) is 6.42 Å². The highest BCUT2D eigenvalue weighted by molar-refractivity contribution is 5.21. The van der Waals surface area contributed by atoms with Crippen molar-refractivity contribution < 1.29 is 0 Å². The van der Waals surface area contributed by atoms with Crippen molar-refractivity contribution in [2.45, 2.75) is 19.9 Å². The number of aromatic amines is 1. The molecule has 13 heavy (non-hydrogen) atoms. The Kier molecular flexibility index (Phi) is 2.65. The van der Waals surface area contributed by atoms with Crippen LogP contribution in [0.1, 0.15) is 18.9 Å². The molecule has 0 bridgehead atoms. The lowest BCUT2D eigenvalue weighted by atomic mass is 10.3. The summed E-state index contributed by atoms with van der Waals surface area (Å²) >= 11 is 0. The molecule has 0 unspecified atom stereocenters. The van der Waals surface area contributed by atoms with Gasteiger partial charge < -0.3 is 0 Å². The molecule has 0 atom stereocenters. The van der Waals surface area contributed by atoms with Gasteiger partial charge in [0.1, 0.15) is 11.6 Å². The summed E-state index contributed by atoms with van der Waals surface area (Å²) in [7, 11) is 0. The maximum Gasteiger partial charge on any atom is 0.328 e. The van der Waals surface area contributed by atoms with Crippen molar-refractivity contribution in [3.05, 3.63) is 32.6 Å². The number of nitriles is 1. The van der Waals surface area contributed by atoms with Crippen molar-refractivity contribution in [1.29, 1.82) is 5.26 Å². The van der Waals surface area contributed by atoms with Gasteiger partial charge in [0.25, 0.3) is 5.56 Å². The van der Waals surface area contributed by atoms with E-state index in [2.05, 4.69) is 4.98 Å². The zero-order valence-corrected chi connectivity index (χ0v) is 7.20. The lowest BCUT2D eigenvalue weighted by molar-refractivity contribution is 0.630. The average Bonchev–Trinajstić information content (AvgIpc) is 2.10. The monoisotopic (exact) mass is 179 g/mol. The molecule has 0 spiro atoms. The Morgan fingerprint density at radius 3 is 2.85 bits per heavy atom. The molecule has 0 aliphatic rings. The number of hydrogen-bond donors (Lipinski definition) is 1. The van der Waals surface area contributed by atoms with E-state index in [9.17, 15) is 9.59 Å². The normalized spacial score (nSPS) is 9.54. The third kappa shape index (κ3) is 1.85. The van der Waals surface area contributed by atoms with Gasteiger partial charge in [-0.2, -0.15) is 5.26 Å². The smallest absolute Gasteiger partial charge is 0.299 e. The first-order valence-corrected chi connectivity index (χ1v) is 3.93. The summed E-state index contributed by atoms with van der Waals surface area (Å²) in [6, 6.07) is 1.72. The summed E-state index contributed by atoms with van der Waals surface area (Å²) in [6.45, 7) is 2.41. The molecule has 0 fully saturated rings. The summed E-state index contributed by atoms with van der Waals surface area (Å²) < 4.78 is 1.32. The zero-order chi connectivity index (χ0) is 9.84. The SMILES string of the molecule is CCCn1cc(C#N)c(=O)[nH]c1=O. The molecular formula is C8H9N3O2. The Hall–Kier alpha value is -1.83. The van der Waals surface area contributed by atoms with Crippen LogP contribution in [-0.4, -0.2) is 9.55 Å². The van der Waals surface area contributed by atoms with Crippen LogP contribution in [0.5, 0.6) is 0 Å². The maximum atomic E-state index is 11.1. The van der Waals surface area contributed by atoms with E-state index in [4.69, 9.17) is 5.26 Å². The molecule has 0 aliphatic heterocycles. The predicted molar refractivity (Wildman–Crippen MR) is 46.3 cm³/mol. The molecule has 68 valence electrons. The third-order valence-electron chi connectivity index (χ3n) is 1.60. The summed E-state index contributed by atoms with van der Waals surface area (Å²) in [6.07, 6.45) is 2.06. The lowest BCUT2D eigenvalue weighted by Gasteiger charge is -2.01. The summed E-state index contributed by atoms with van der Waals surface area (Å²) in [4.78, 5) is 24.1.